The maximum Gasteiger partial charge on any atom is 0.303 e. The number of hydrogen-bond donors (Lipinski definition) is 2. The van der Waals surface area contributed by atoms with Crippen LogP contribution in [0.5, 0.6) is 0 Å². The van der Waals surface area contributed by atoms with E-state index in [1.807, 2.05) is 0 Å². The van der Waals surface area contributed by atoms with Crippen molar-refractivity contribution in [1.82, 2.24) is 0 Å². The van der Waals surface area contributed by atoms with Gasteiger partial charge in [0.25, 0.3) is 0 Å². The molecule has 0 fully saturated rings. The van der Waals surface area contributed by atoms with Crippen LogP contribution in [0.2, 0.25) is 0 Å². The van der Waals surface area contributed by atoms with Gasteiger partial charge in [0.05, 0.1) is 0 Å². The Morgan fingerprint density at radius 1 is 0.312 bits per heavy atom. The molecule has 0 aliphatic rings. The lowest BCUT2D eigenvalue weighted by molar-refractivity contribution is -0.138. The number of carboxylic acids is 2. The van der Waals surface area contributed by atoms with Gasteiger partial charge in [0, 0.05) is 12.8 Å². The Balaban J connectivity index is 0. The summed E-state index contributed by atoms with van der Waals surface area (Å²) in [4.78, 5) is 20.8. The van der Waals surface area contributed by atoms with Crippen molar-refractivity contribution in [2.75, 3.05) is 0 Å². The smallest absolute Gasteiger partial charge is 0.303 e. The third-order valence-electron chi connectivity index (χ3n) is 9.30. The maximum atomic E-state index is 10.4. The molecule has 0 unspecified atom stereocenters. The molecule has 0 atom stereocenters. The fraction of sp³-hybridized carbons (Fsp3) is 0.864. The first-order valence-electron chi connectivity index (χ1n) is 21.3. The number of aliphatic carboxylic acids is 2. The Kier molecular flexibility index (Phi) is 45.9. The van der Waals surface area contributed by atoms with Crippen LogP contribution in [-0.4, -0.2) is 22.2 Å². The van der Waals surface area contributed by atoms with Crippen LogP contribution in [-0.2, 0) is 9.59 Å². The number of allylic oxidation sites excluding steroid dienone is 4. The van der Waals surface area contributed by atoms with E-state index in [0.717, 1.165) is 25.7 Å². The van der Waals surface area contributed by atoms with E-state index >= 15 is 0 Å². The van der Waals surface area contributed by atoms with Crippen LogP contribution in [0.25, 0.3) is 0 Å². The van der Waals surface area contributed by atoms with Gasteiger partial charge in [-0.3, -0.25) is 9.59 Å². The fourth-order valence-corrected chi connectivity index (χ4v) is 6.11. The van der Waals surface area contributed by atoms with Crippen molar-refractivity contribution in [3.05, 3.63) is 24.3 Å². The molecule has 48 heavy (non-hydrogen) atoms. The van der Waals surface area contributed by atoms with Crippen LogP contribution in [0.15, 0.2) is 24.3 Å². The van der Waals surface area contributed by atoms with Crippen LogP contribution in [0.3, 0.4) is 0 Å². The summed E-state index contributed by atoms with van der Waals surface area (Å²) < 4.78 is 0. The second-order valence-electron chi connectivity index (χ2n) is 14.3. The predicted molar refractivity (Wildman–Crippen MR) is 211 cm³/mol. The number of carboxylic acid groups (broad SMARTS) is 2. The van der Waals surface area contributed by atoms with Gasteiger partial charge in [0.15, 0.2) is 0 Å². The molecule has 0 saturated carbocycles. The van der Waals surface area contributed by atoms with Gasteiger partial charge in [0.2, 0.25) is 0 Å². The zero-order chi connectivity index (χ0) is 35.4. The molecule has 4 nitrogen and oxygen atoms in total. The van der Waals surface area contributed by atoms with E-state index in [1.54, 1.807) is 0 Å². The molecule has 0 saturated heterocycles. The first-order valence-corrected chi connectivity index (χ1v) is 21.3. The summed E-state index contributed by atoms with van der Waals surface area (Å²) >= 11 is 0. The van der Waals surface area contributed by atoms with Gasteiger partial charge < -0.3 is 10.2 Å². The van der Waals surface area contributed by atoms with Crippen LogP contribution in [0.4, 0.5) is 0 Å². The molecular weight excluding hydrogens is 592 g/mol. The van der Waals surface area contributed by atoms with Crippen LogP contribution >= 0.6 is 0 Å². The largest absolute Gasteiger partial charge is 0.481 e. The van der Waals surface area contributed by atoms with Gasteiger partial charge in [-0.25, -0.2) is 0 Å². The summed E-state index contributed by atoms with van der Waals surface area (Å²) in [6, 6.07) is 0. The highest BCUT2D eigenvalue weighted by Crippen LogP contribution is 2.14. The molecule has 0 rings (SSSR count). The molecule has 0 amide bonds. The lowest BCUT2D eigenvalue weighted by atomic mass is 10.1. The summed E-state index contributed by atoms with van der Waals surface area (Å²) in [7, 11) is 0. The van der Waals surface area contributed by atoms with E-state index in [9.17, 15) is 9.59 Å². The van der Waals surface area contributed by atoms with Crippen molar-refractivity contribution >= 4 is 11.9 Å². The first kappa shape index (κ1) is 48.5. The summed E-state index contributed by atoms with van der Waals surface area (Å²) in [6.45, 7) is 4.54. The summed E-state index contributed by atoms with van der Waals surface area (Å²) in [6.07, 6.45) is 54.2. The van der Waals surface area contributed by atoms with E-state index in [-0.39, 0.29) is 0 Å². The van der Waals surface area contributed by atoms with Crippen molar-refractivity contribution in [2.24, 2.45) is 0 Å². The minimum atomic E-state index is -0.656. The lowest BCUT2D eigenvalue weighted by Crippen LogP contribution is -1.93. The highest BCUT2D eigenvalue weighted by molar-refractivity contribution is 5.66. The standard InChI is InChI=1S/2C22H42O2/c2*1-2-3-4-5-6-7-8-9-10-11-12-13-14-15-16-17-18-19-20-21-22(23)24/h2*9-10H,2-8,11-21H2,1H3,(H,23,24)/b10-9-;. The molecule has 0 bridgehead atoms. The number of rotatable bonds is 38. The monoisotopic (exact) mass is 677 g/mol. The average Bonchev–Trinajstić information content (AvgIpc) is 3.07. The molecule has 4 heteroatoms. The molecule has 0 radical (unpaired) electrons. The van der Waals surface area contributed by atoms with Gasteiger partial charge in [-0.15, -0.1) is 0 Å². The van der Waals surface area contributed by atoms with Crippen LogP contribution in [0.1, 0.15) is 245 Å². The third kappa shape index (κ3) is 51.3. The van der Waals surface area contributed by atoms with Crippen molar-refractivity contribution in [3.8, 4) is 0 Å². The van der Waals surface area contributed by atoms with Crippen molar-refractivity contribution in [2.45, 2.75) is 245 Å². The quantitative estimate of drug-likeness (QED) is 0.0504. The second kappa shape index (κ2) is 45.4. The van der Waals surface area contributed by atoms with Crippen LogP contribution in [0, 0.1) is 0 Å². The number of carbonyl (C=O) groups is 2. The zero-order valence-corrected chi connectivity index (χ0v) is 32.5. The highest BCUT2D eigenvalue weighted by atomic mass is 16.4. The molecular formula is C44H84O4. The number of unbranched alkanes of at least 4 members (excludes halogenated alkanes) is 30. The predicted octanol–water partition coefficient (Wildman–Crippen LogP) is 15.3. The van der Waals surface area contributed by atoms with Crippen LogP contribution < -0.4 is 0 Å². The molecule has 284 valence electrons. The molecule has 0 aromatic heterocycles. The highest BCUT2D eigenvalue weighted by Gasteiger charge is 1.98. The van der Waals surface area contributed by atoms with E-state index < -0.39 is 11.9 Å². The molecule has 0 aromatic rings. The first-order chi connectivity index (χ1) is 23.5. The zero-order valence-electron chi connectivity index (χ0n) is 32.5. The Morgan fingerprint density at radius 3 is 0.708 bits per heavy atom. The summed E-state index contributed by atoms with van der Waals surface area (Å²) in [5.41, 5.74) is 0. The maximum absolute atomic E-state index is 10.4. The van der Waals surface area contributed by atoms with Gasteiger partial charge >= 0.3 is 11.9 Å². The van der Waals surface area contributed by atoms with E-state index in [2.05, 4.69) is 38.2 Å². The minimum Gasteiger partial charge on any atom is -0.481 e. The van der Waals surface area contributed by atoms with Crippen molar-refractivity contribution < 1.29 is 19.8 Å². The normalized spacial score (nSPS) is 11.4. The number of hydrogen-bond acceptors (Lipinski definition) is 2. The lowest BCUT2D eigenvalue weighted by Gasteiger charge is -2.01. The summed E-state index contributed by atoms with van der Waals surface area (Å²) in [5.74, 6) is -1.31. The Labute approximate surface area is 300 Å². The van der Waals surface area contributed by atoms with Gasteiger partial charge in [0.1, 0.15) is 0 Å². The van der Waals surface area contributed by atoms with E-state index in [0.29, 0.717) is 12.8 Å². The molecule has 0 aromatic carbocycles. The Morgan fingerprint density at radius 2 is 0.500 bits per heavy atom. The summed E-state index contributed by atoms with van der Waals surface area (Å²) in [5, 5.41) is 17.1. The minimum absolute atomic E-state index is 0.340. The third-order valence-corrected chi connectivity index (χ3v) is 9.30. The SMILES string of the molecule is CCCCCCCC/C=C\CCCCCCCCCCCC(=O)O.CCCCCCCCC=CCCCCCCCCCCCC(=O)O. The van der Waals surface area contributed by atoms with E-state index in [4.69, 9.17) is 10.2 Å². The molecule has 2 N–H and O–H groups in total. The molecule has 0 spiro atoms. The molecule has 0 aliphatic heterocycles. The molecule has 0 aliphatic carbocycles. The Bertz CT molecular complexity index is 625. The Hall–Kier alpha value is -1.58. The fourth-order valence-electron chi connectivity index (χ4n) is 6.11. The van der Waals surface area contributed by atoms with Crippen molar-refractivity contribution in [1.29, 1.82) is 0 Å². The average molecular weight is 677 g/mol. The van der Waals surface area contributed by atoms with E-state index in [1.165, 1.54) is 193 Å². The van der Waals surface area contributed by atoms with Crippen molar-refractivity contribution in [3.63, 3.8) is 0 Å². The van der Waals surface area contributed by atoms with Gasteiger partial charge in [-0.2, -0.15) is 0 Å². The van der Waals surface area contributed by atoms with Gasteiger partial charge in [-0.1, -0.05) is 192 Å². The van der Waals surface area contributed by atoms with Gasteiger partial charge in [-0.05, 0) is 64.2 Å². The molecule has 0 heterocycles. The second-order valence-corrected chi connectivity index (χ2v) is 14.3. The topological polar surface area (TPSA) is 74.6 Å².